The minimum Gasteiger partial charge on any atom is -0.444 e. The van der Waals surface area contributed by atoms with Gasteiger partial charge in [0.15, 0.2) is 0 Å². The fourth-order valence-corrected chi connectivity index (χ4v) is 4.42. The monoisotopic (exact) mass is 452 g/mol. The fraction of sp³-hybridized carbons (Fsp3) is 0.840. The van der Waals surface area contributed by atoms with Crippen molar-refractivity contribution in [3.63, 3.8) is 0 Å². The van der Waals surface area contributed by atoms with Gasteiger partial charge in [-0.25, -0.2) is 4.79 Å². The van der Waals surface area contributed by atoms with E-state index in [0.717, 1.165) is 11.5 Å². The Morgan fingerprint density at radius 1 is 1.06 bits per heavy atom. The van der Waals surface area contributed by atoms with Gasteiger partial charge in [0.05, 0.1) is 11.6 Å². The zero-order valence-corrected chi connectivity index (χ0v) is 22.1. The number of ether oxygens (including phenoxy) is 1. The number of hydroxylamine groups is 2. The van der Waals surface area contributed by atoms with E-state index < -0.39 is 28.3 Å². The van der Waals surface area contributed by atoms with Crippen molar-refractivity contribution in [3.05, 3.63) is 12.2 Å². The Bertz CT molecular complexity index is 672. The molecule has 7 nitrogen and oxygen atoms in total. The van der Waals surface area contributed by atoms with Crippen LogP contribution < -0.4 is 10.6 Å². The quantitative estimate of drug-likeness (QED) is 0.532. The van der Waals surface area contributed by atoms with Gasteiger partial charge >= 0.3 is 6.09 Å². The number of piperidine rings is 1. The SMILES string of the molecule is CC(C)C[C@@H](/C=C/C(C)(C)NC(=O)C1CC(C)(C)N([O])C(C)(C)C1)NC(=O)OC(C)(C)C. The molecule has 1 radical (unpaired) electrons. The number of alkyl carbamates (subject to hydrolysis) is 1. The smallest absolute Gasteiger partial charge is 0.408 e. The molecule has 0 aliphatic carbocycles. The molecule has 1 fully saturated rings. The largest absolute Gasteiger partial charge is 0.444 e. The normalized spacial score (nSPS) is 20.9. The van der Waals surface area contributed by atoms with Crippen LogP contribution in [0, 0.1) is 11.8 Å². The average Bonchev–Trinajstić information content (AvgIpc) is 2.54. The molecule has 32 heavy (non-hydrogen) atoms. The zero-order chi connectivity index (χ0) is 25.1. The summed E-state index contributed by atoms with van der Waals surface area (Å²) in [6.07, 6.45) is 5.18. The van der Waals surface area contributed by atoms with Gasteiger partial charge in [0.2, 0.25) is 5.91 Å². The van der Waals surface area contributed by atoms with E-state index >= 15 is 0 Å². The predicted octanol–water partition coefficient (Wildman–Crippen LogP) is 4.99. The van der Waals surface area contributed by atoms with E-state index in [4.69, 9.17) is 4.74 Å². The number of carbonyl (C=O) groups is 2. The molecule has 0 unspecified atom stereocenters. The molecule has 1 aliphatic heterocycles. The molecule has 185 valence electrons. The van der Waals surface area contributed by atoms with Gasteiger partial charge in [0.25, 0.3) is 0 Å². The molecule has 0 aromatic heterocycles. The Labute approximate surface area is 195 Å². The summed E-state index contributed by atoms with van der Waals surface area (Å²) < 4.78 is 5.39. The highest BCUT2D eigenvalue weighted by Gasteiger charge is 2.48. The van der Waals surface area contributed by atoms with Crippen LogP contribution in [0.1, 0.15) is 95.4 Å². The van der Waals surface area contributed by atoms with Crippen molar-refractivity contribution in [2.75, 3.05) is 0 Å². The zero-order valence-electron chi connectivity index (χ0n) is 22.1. The van der Waals surface area contributed by atoms with Crippen LogP contribution >= 0.6 is 0 Å². The Morgan fingerprint density at radius 2 is 1.56 bits per heavy atom. The highest BCUT2D eigenvalue weighted by Crippen LogP contribution is 2.40. The molecule has 0 aromatic carbocycles. The first kappa shape index (κ1) is 28.4. The van der Waals surface area contributed by atoms with Gasteiger partial charge in [0, 0.05) is 17.0 Å². The molecule has 1 heterocycles. The number of hydrogen-bond donors (Lipinski definition) is 2. The molecule has 0 aromatic rings. The maximum absolute atomic E-state index is 13.1. The second-order valence-electron chi connectivity index (χ2n) is 12.5. The van der Waals surface area contributed by atoms with E-state index in [1.807, 2.05) is 74.5 Å². The van der Waals surface area contributed by atoms with E-state index in [2.05, 4.69) is 24.5 Å². The Kier molecular flexibility index (Phi) is 8.99. The standard InChI is InChI=1S/C25H46N3O4/c1-17(2)14-19(26-21(30)32-22(3,4)5)12-13-23(6,7)27-20(29)18-15-24(8,9)28(31)25(10,11)16-18/h12-13,17-19H,14-16H2,1-11H3,(H,26,30)(H,27,29)/b13-12+/t19-/m1/s1. The van der Waals surface area contributed by atoms with Gasteiger partial charge in [-0.1, -0.05) is 26.0 Å². The Morgan fingerprint density at radius 3 is 2.00 bits per heavy atom. The molecule has 2 amide bonds. The van der Waals surface area contributed by atoms with Crippen molar-refractivity contribution in [2.45, 2.75) is 124 Å². The van der Waals surface area contributed by atoms with Gasteiger partial charge in [-0.15, -0.1) is 10.3 Å². The number of hydrogen-bond acceptors (Lipinski definition) is 4. The molecule has 1 saturated heterocycles. The lowest BCUT2D eigenvalue weighted by molar-refractivity contribution is -0.292. The van der Waals surface area contributed by atoms with Crippen molar-refractivity contribution in [1.29, 1.82) is 0 Å². The highest BCUT2D eigenvalue weighted by atomic mass is 16.6. The first-order valence-corrected chi connectivity index (χ1v) is 11.7. The van der Waals surface area contributed by atoms with Crippen molar-refractivity contribution in [1.82, 2.24) is 15.7 Å². The molecule has 1 rings (SSSR count). The van der Waals surface area contributed by atoms with E-state index in [1.165, 1.54) is 0 Å². The summed E-state index contributed by atoms with van der Waals surface area (Å²) in [6.45, 7) is 21.1. The van der Waals surface area contributed by atoms with Gasteiger partial charge in [-0.2, -0.15) is 0 Å². The molecule has 2 N–H and O–H groups in total. The third-order valence-electron chi connectivity index (χ3n) is 5.58. The molecule has 0 bridgehead atoms. The fourth-order valence-electron chi connectivity index (χ4n) is 4.42. The van der Waals surface area contributed by atoms with E-state index in [1.54, 1.807) is 0 Å². The number of amides is 2. The average molecular weight is 453 g/mol. The lowest BCUT2D eigenvalue weighted by atomic mass is 9.74. The van der Waals surface area contributed by atoms with Gasteiger partial charge in [-0.3, -0.25) is 4.79 Å². The molecule has 7 heteroatoms. The molecule has 0 saturated carbocycles. The Balaban J connectivity index is 2.87. The van der Waals surface area contributed by atoms with E-state index in [9.17, 15) is 14.8 Å². The summed E-state index contributed by atoms with van der Waals surface area (Å²) in [7, 11) is 0. The summed E-state index contributed by atoms with van der Waals surface area (Å²) in [6, 6.07) is -0.206. The predicted molar refractivity (Wildman–Crippen MR) is 127 cm³/mol. The number of nitrogens with zero attached hydrogens (tertiary/aromatic N) is 1. The van der Waals surface area contributed by atoms with Crippen molar-refractivity contribution < 1.29 is 19.5 Å². The number of rotatable bonds is 7. The van der Waals surface area contributed by atoms with Crippen molar-refractivity contribution >= 4 is 12.0 Å². The number of nitrogens with one attached hydrogen (secondary N) is 2. The maximum atomic E-state index is 13.1. The van der Waals surface area contributed by atoms with Crippen LogP contribution in [0.3, 0.4) is 0 Å². The maximum Gasteiger partial charge on any atom is 0.408 e. The minimum absolute atomic E-state index is 0.0468. The van der Waals surface area contributed by atoms with Crippen LogP contribution in [0.25, 0.3) is 0 Å². The second-order valence-corrected chi connectivity index (χ2v) is 12.5. The summed E-state index contributed by atoms with van der Waals surface area (Å²) in [4.78, 5) is 25.3. The second kappa shape index (κ2) is 10.1. The van der Waals surface area contributed by atoms with Gasteiger partial charge < -0.3 is 15.4 Å². The summed E-state index contributed by atoms with van der Waals surface area (Å²) in [5.74, 6) is 0.0951. The number of carbonyl (C=O) groups excluding carboxylic acids is 2. The van der Waals surface area contributed by atoms with E-state index in [0.29, 0.717) is 18.8 Å². The molecule has 1 aliphatic rings. The summed E-state index contributed by atoms with van der Waals surface area (Å²) in [5.41, 5.74) is -2.36. The first-order valence-electron chi connectivity index (χ1n) is 11.7. The minimum atomic E-state index is -0.606. The topological polar surface area (TPSA) is 90.6 Å². The van der Waals surface area contributed by atoms with Crippen molar-refractivity contribution in [2.24, 2.45) is 11.8 Å². The van der Waals surface area contributed by atoms with E-state index in [-0.39, 0.29) is 17.9 Å². The third-order valence-corrected chi connectivity index (χ3v) is 5.58. The van der Waals surface area contributed by atoms with Crippen LogP contribution in [0.5, 0.6) is 0 Å². The van der Waals surface area contributed by atoms with Crippen LogP contribution in [0.2, 0.25) is 0 Å². The van der Waals surface area contributed by atoms with Crippen LogP contribution in [-0.4, -0.2) is 45.3 Å². The summed E-state index contributed by atoms with van der Waals surface area (Å²) in [5, 5.41) is 19.8. The molecule has 0 spiro atoms. The van der Waals surface area contributed by atoms with Crippen molar-refractivity contribution in [3.8, 4) is 0 Å². The highest BCUT2D eigenvalue weighted by molar-refractivity contribution is 5.80. The molecular weight excluding hydrogens is 406 g/mol. The van der Waals surface area contributed by atoms with Crippen LogP contribution in [0.4, 0.5) is 4.79 Å². The van der Waals surface area contributed by atoms with Gasteiger partial charge in [0.1, 0.15) is 5.60 Å². The van der Waals surface area contributed by atoms with Crippen LogP contribution in [0.15, 0.2) is 12.2 Å². The molecular formula is C25H46N3O4. The molecule has 1 atom stereocenters. The lowest BCUT2D eigenvalue weighted by Gasteiger charge is -2.49. The van der Waals surface area contributed by atoms with Crippen LogP contribution in [-0.2, 0) is 14.7 Å². The lowest BCUT2D eigenvalue weighted by Crippen LogP contribution is -2.60. The third kappa shape index (κ3) is 9.10. The Hall–Kier alpha value is -1.60. The van der Waals surface area contributed by atoms with Gasteiger partial charge in [-0.05, 0) is 87.5 Å². The summed E-state index contributed by atoms with van der Waals surface area (Å²) >= 11 is 0. The first-order chi connectivity index (χ1) is 14.2.